The van der Waals surface area contributed by atoms with Crippen molar-refractivity contribution < 1.29 is 9.36 Å². The summed E-state index contributed by atoms with van der Waals surface area (Å²) in [6.45, 7) is 11.0. The van der Waals surface area contributed by atoms with Gasteiger partial charge in [-0.15, -0.1) is 0 Å². The van der Waals surface area contributed by atoms with Crippen molar-refractivity contribution in [1.82, 2.24) is 0 Å². The highest BCUT2D eigenvalue weighted by atomic mass is 16.1. The van der Waals surface area contributed by atoms with Gasteiger partial charge in [0.25, 0.3) is 0 Å². The van der Waals surface area contributed by atoms with Crippen molar-refractivity contribution in [2.75, 3.05) is 5.32 Å². The maximum absolute atomic E-state index is 12.4. The van der Waals surface area contributed by atoms with E-state index in [2.05, 4.69) is 57.4 Å². The van der Waals surface area contributed by atoms with E-state index in [1.807, 2.05) is 61.2 Å². The molecule has 2 aromatic rings. The number of hydrogen-bond acceptors (Lipinski definition) is 1. The van der Waals surface area contributed by atoms with E-state index in [-0.39, 0.29) is 11.3 Å². The van der Waals surface area contributed by atoms with Crippen molar-refractivity contribution in [2.45, 2.75) is 53.9 Å². The van der Waals surface area contributed by atoms with Gasteiger partial charge in [-0.3, -0.25) is 4.79 Å². The number of amides is 1. The normalized spacial score (nSPS) is 17.4. The summed E-state index contributed by atoms with van der Waals surface area (Å²) >= 11 is 0. The lowest BCUT2D eigenvalue weighted by atomic mass is 9.72. The fraction of sp³-hybridized carbons (Fsp3) is 0.333. The lowest BCUT2D eigenvalue weighted by molar-refractivity contribution is -0.670. The minimum Gasteiger partial charge on any atom is -0.322 e. The Balaban J connectivity index is 1.60. The van der Waals surface area contributed by atoms with Gasteiger partial charge in [-0.05, 0) is 80.2 Å². The Bertz CT molecular complexity index is 1190. The summed E-state index contributed by atoms with van der Waals surface area (Å²) in [5.74, 6) is -0.125. The molecule has 3 heteroatoms. The number of fused-ring (bicyclic) bond motifs is 1. The second-order valence-corrected chi connectivity index (χ2v) is 9.87. The lowest BCUT2D eigenvalue weighted by Crippen LogP contribution is -2.25. The van der Waals surface area contributed by atoms with Crippen molar-refractivity contribution in [2.24, 2.45) is 12.5 Å². The Labute approximate surface area is 198 Å². The topological polar surface area (TPSA) is 33.0 Å². The van der Waals surface area contributed by atoms with E-state index in [1.165, 1.54) is 36.0 Å². The van der Waals surface area contributed by atoms with E-state index in [1.54, 1.807) is 6.08 Å². The summed E-state index contributed by atoms with van der Waals surface area (Å²) in [5, 5.41) is 5.20. The van der Waals surface area contributed by atoms with E-state index in [9.17, 15) is 4.79 Å². The van der Waals surface area contributed by atoms with Crippen LogP contribution in [0.4, 0.5) is 5.69 Å². The Morgan fingerprint density at radius 3 is 2.64 bits per heavy atom. The molecule has 3 nitrogen and oxygen atoms in total. The van der Waals surface area contributed by atoms with Crippen LogP contribution in [0.25, 0.3) is 10.8 Å². The van der Waals surface area contributed by atoms with Crippen LogP contribution in [-0.4, -0.2) is 5.91 Å². The van der Waals surface area contributed by atoms with Gasteiger partial charge >= 0.3 is 0 Å². The number of pyridine rings is 1. The zero-order valence-electron chi connectivity index (χ0n) is 20.9. The van der Waals surface area contributed by atoms with Gasteiger partial charge in [-0.2, -0.15) is 0 Å². The summed E-state index contributed by atoms with van der Waals surface area (Å²) in [4.78, 5) is 12.4. The molecular formula is C30H37N2O+. The Hall–Kier alpha value is -3.20. The lowest BCUT2D eigenvalue weighted by Gasteiger charge is -2.32. The minimum atomic E-state index is -0.125. The monoisotopic (exact) mass is 441 g/mol. The van der Waals surface area contributed by atoms with Gasteiger partial charge in [0, 0.05) is 23.2 Å². The van der Waals surface area contributed by atoms with E-state index in [4.69, 9.17) is 0 Å². The third kappa shape index (κ3) is 6.89. The number of carbonyl (C=O) groups is 1. The molecule has 33 heavy (non-hydrogen) atoms. The van der Waals surface area contributed by atoms with Crippen LogP contribution >= 0.6 is 0 Å². The van der Waals surface area contributed by atoms with Crippen LogP contribution in [0.1, 0.15) is 53.9 Å². The number of allylic oxidation sites excluding steroid dienone is 9. The SMILES string of the molecule is CC(C=CC1=C(C)CCCC1(C)C)=CC=CC(C)=CC(=O)Nc1ccc2c[n+](C)ccc2c1. The van der Waals surface area contributed by atoms with Gasteiger partial charge in [0.1, 0.15) is 7.05 Å². The second-order valence-electron chi connectivity index (χ2n) is 9.87. The summed E-state index contributed by atoms with van der Waals surface area (Å²) < 4.78 is 2.01. The predicted octanol–water partition coefficient (Wildman–Crippen LogP) is 7.13. The number of benzene rings is 1. The number of anilines is 1. The third-order valence-electron chi connectivity index (χ3n) is 6.32. The smallest absolute Gasteiger partial charge is 0.248 e. The molecule has 1 aliphatic rings. The number of aromatic nitrogens is 1. The molecule has 0 bridgehead atoms. The van der Waals surface area contributed by atoms with E-state index in [0.29, 0.717) is 0 Å². The Morgan fingerprint density at radius 1 is 1.09 bits per heavy atom. The number of aryl methyl sites for hydroxylation is 1. The molecule has 0 spiro atoms. The molecule has 1 aliphatic carbocycles. The van der Waals surface area contributed by atoms with Crippen LogP contribution in [0.2, 0.25) is 0 Å². The fourth-order valence-electron chi connectivity index (χ4n) is 4.44. The van der Waals surface area contributed by atoms with Gasteiger partial charge in [0.05, 0.1) is 0 Å². The standard InChI is InChI=1S/C30H36N2O/c1-22(12-15-28-24(3)11-8-17-30(28,4)5)9-7-10-23(2)19-29(33)31-27-14-13-26-21-32(6)18-16-25(26)20-27/h7,9-10,12-16,18-21H,8,11,17H2,1-6H3/p+1. The molecule has 0 radical (unpaired) electrons. The zero-order valence-corrected chi connectivity index (χ0v) is 20.9. The molecule has 0 fully saturated rings. The highest BCUT2D eigenvalue weighted by Crippen LogP contribution is 2.40. The predicted molar refractivity (Wildman–Crippen MR) is 140 cm³/mol. The fourth-order valence-corrected chi connectivity index (χ4v) is 4.44. The number of carbonyl (C=O) groups excluding carboxylic acids is 1. The van der Waals surface area contributed by atoms with Crippen LogP contribution in [-0.2, 0) is 11.8 Å². The Morgan fingerprint density at radius 2 is 1.88 bits per heavy atom. The molecule has 3 rings (SSSR count). The number of nitrogens with zero attached hydrogens (tertiary/aromatic N) is 1. The van der Waals surface area contributed by atoms with Crippen LogP contribution in [0.5, 0.6) is 0 Å². The average Bonchev–Trinajstić information content (AvgIpc) is 2.73. The molecule has 0 unspecified atom stereocenters. The first-order chi connectivity index (χ1) is 15.6. The second kappa shape index (κ2) is 10.6. The molecular weight excluding hydrogens is 404 g/mol. The molecule has 1 heterocycles. The molecule has 1 amide bonds. The van der Waals surface area contributed by atoms with Crippen molar-refractivity contribution in [1.29, 1.82) is 0 Å². The maximum atomic E-state index is 12.4. The molecule has 1 aromatic carbocycles. The van der Waals surface area contributed by atoms with Crippen molar-refractivity contribution in [3.05, 3.63) is 95.4 Å². The first-order valence-corrected chi connectivity index (χ1v) is 11.8. The third-order valence-corrected chi connectivity index (χ3v) is 6.32. The zero-order chi connectivity index (χ0) is 24.0. The van der Waals surface area contributed by atoms with Crippen LogP contribution in [0.3, 0.4) is 0 Å². The highest BCUT2D eigenvalue weighted by Gasteiger charge is 2.26. The molecule has 1 aromatic heterocycles. The molecule has 0 atom stereocenters. The van der Waals surface area contributed by atoms with Crippen molar-refractivity contribution >= 4 is 22.4 Å². The number of nitrogens with one attached hydrogen (secondary N) is 1. The van der Waals surface area contributed by atoms with Gasteiger partial charge in [0.2, 0.25) is 5.91 Å². The quantitative estimate of drug-likeness (QED) is 0.289. The van der Waals surface area contributed by atoms with E-state index >= 15 is 0 Å². The van der Waals surface area contributed by atoms with Gasteiger partial charge in [-0.25, -0.2) is 4.57 Å². The van der Waals surface area contributed by atoms with Gasteiger partial charge in [0.15, 0.2) is 12.4 Å². The summed E-state index contributed by atoms with van der Waals surface area (Å²) in [6.07, 6.45) is 20.0. The summed E-state index contributed by atoms with van der Waals surface area (Å²) in [6, 6.07) is 8.00. The molecule has 1 N–H and O–H groups in total. The first-order valence-electron chi connectivity index (χ1n) is 11.8. The van der Waals surface area contributed by atoms with Crippen LogP contribution in [0, 0.1) is 5.41 Å². The number of hydrogen-bond donors (Lipinski definition) is 1. The number of rotatable bonds is 6. The maximum Gasteiger partial charge on any atom is 0.248 e. The summed E-state index contributed by atoms with van der Waals surface area (Å²) in [7, 11) is 2.00. The van der Waals surface area contributed by atoms with Crippen molar-refractivity contribution in [3.63, 3.8) is 0 Å². The van der Waals surface area contributed by atoms with Crippen LogP contribution < -0.4 is 9.88 Å². The average molecular weight is 442 g/mol. The van der Waals surface area contributed by atoms with Crippen LogP contribution in [0.15, 0.2) is 95.4 Å². The summed E-state index contributed by atoms with van der Waals surface area (Å²) in [5.41, 5.74) is 6.13. The first kappa shape index (κ1) is 24.4. The molecule has 172 valence electrons. The van der Waals surface area contributed by atoms with E-state index in [0.717, 1.165) is 22.0 Å². The molecule has 0 saturated heterocycles. The highest BCUT2D eigenvalue weighted by molar-refractivity contribution is 6.01. The van der Waals surface area contributed by atoms with Crippen molar-refractivity contribution in [3.8, 4) is 0 Å². The van der Waals surface area contributed by atoms with Gasteiger partial charge < -0.3 is 5.32 Å². The van der Waals surface area contributed by atoms with Gasteiger partial charge in [-0.1, -0.05) is 55.4 Å². The van der Waals surface area contributed by atoms with E-state index < -0.39 is 0 Å². The Kier molecular flexibility index (Phi) is 7.86. The molecule has 0 aliphatic heterocycles. The largest absolute Gasteiger partial charge is 0.322 e. The molecule has 0 saturated carbocycles. The minimum absolute atomic E-state index is 0.125.